The fourth-order valence-corrected chi connectivity index (χ4v) is 3.01. The number of nitrogens with one attached hydrogen (secondary N) is 2. The third-order valence-electron chi connectivity index (χ3n) is 3.42. The van der Waals surface area contributed by atoms with E-state index in [9.17, 15) is 0 Å². The molecule has 0 spiro atoms. The first kappa shape index (κ1) is 21.6. The van der Waals surface area contributed by atoms with Crippen molar-refractivity contribution < 1.29 is 9.47 Å². The summed E-state index contributed by atoms with van der Waals surface area (Å²) in [4.78, 5) is 5.93. The minimum atomic E-state index is 0. The molecule has 25 heavy (non-hydrogen) atoms. The highest BCUT2D eigenvalue weighted by molar-refractivity contribution is 14.0. The minimum absolute atomic E-state index is 0. The largest absolute Gasteiger partial charge is 0.493 e. The molecule has 5 nitrogen and oxygen atoms in total. The highest BCUT2D eigenvalue weighted by atomic mass is 127. The second kappa shape index (κ2) is 11.2. The van der Waals surface area contributed by atoms with E-state index in [1.54, 1.807) is 18.4 Å². The maximum absolute atomic E-state index is 5.55. The van der Waals surface area contributed by atoms with Crippen LogP contribution in [0.1, 0.15) is 24.3 Å². The lowest BCUT2D eigenvalue weighted by Crippen LogP contribution is -2.30. The van der Waals surface area contributed by atoms with E-state index < -0.39 is 0 Å². The van der Waals surface area contributed by atoms with E-state index in [4.69, 9.17) is 9.47 Å². The number of nitrogens with zero attached hydrogens (tertiary/aromatic N) is 1. The Bertz CT molecular complexity index is 689. The van der Waals surface area contributed by atoms with Gasteiger partial charge in [0.15, 0.2) is 17.5 Å². The van der Waals surface area contributed by atoms with Crippen LogP contribution in [0.15, 0.2) is 34.6 Å². The fraction of sp³-hybridized carbons (Fsp3) is 0.389. The number of hydrogen-bond donors (Lipinski definition) is 2. The van der Waals surface area contributed by atoms with E-state index in [0.29, 0.717) is 18.9 Å². The van der Waals surface area contributed by atoms with Crippen molar-refractivity contribution in [2.24, 2.45) is 4.99 Å². The Morgan fingerprint density at radius 2 is 2.00 bits per heavy atom. The summed E-state index contributed by atoms with van der Waals surface area (Å²) >= 11 is 1.73. The molecule has 0 unspecified atom stereocenters. The Kier molecular flexibility index (Phi) is 9.66. The second-order valence-electron chi connectivity index (χ2n) is 5.15. The van der Waals surface area contributed by atoms with Crippen molar-refractivity contribution in [1.82, 2.24) is 5.32 Å². The van der Waals surface area contributed by atoms with Gasteiger partial charge in [-0.15, -0.1) is 35.3 Å². The standard InChI is InChI=1S/C18H25N3O2S.HI/c1-5-19-18(20-12-17-13(3)9-10-24-17)21-14-7-8-15(23-6-2)16(11-14)22-4;/h7-11H,5-6,12H2,1-4H3,(H2,19,20,21);1H. The maximum Gasteiger partial charge on any atom is 0.196 e. The number of rotatable bonds is 7. The summed E-state index contributed by atoms with van der Waals surface area (Å²) in [6, 6.07) is 7.88. The van der Waals surface area contributed by atoms with E-state index in [0.717, 1.165) is 23.9 Å². The normalized spacial score (nSPS) is 10.8. The first-order valence-electron chi connectivity index (χ1n) is 8.07. The van der Waals surface area contributed by atoms with Gasteiger partial charge in [-0.1, -0.05) is 0 Å². The first-order chi connectivity index (χ1) is 11.7. The molecular weight excluding hydrogens is 449 g/mol. The van der Waals surface area contributed by atoms with E-state index in [1.807, 2.05) is 32.0 Å². The van der Waals surface area contributed by atoms with Crippen LogP contribution in [0.4, 0.5) is 5.69 Å². The lowest BCUT2D eigenvalue weighted by molar-refractivity contribution is 0.311. The molecule has 0 bridgehead atoms. The van der Waals surface area contributed by atoms with Gasteiger partial charge in [0.2, 0.25) is 0 Å². The molecule has 7 heteroatoms. The van der Waals surface area contributed by atoms with Crippen LogP contribution in [0.25, 0.3) is 0 Å². The number of aliphatic imine (C=N–C) groups is 1. The SMILES string of the molecule is CCNC(=NCc1sccc1C)Nc1ccc(OCC)c(OC)c1.I. The molecule has 0 saturated heterocycles. The van der Waals surface area contributed by atoms with E-state index >= 15 is 0 Å². The lowest BCUT2D eigenvalue weighted by Gasteiger charge is -2.14. The number of aryl methyl sites for hydroxylation is 1. The van der Waals surface area contributed by atoms with Crippen molar-refractivity contribution in [3.63, 3.8) is 0 Å². The molecule has 0 radical (unpaired) electrons. The minimum Gasteiger partial charge on any atom is -0.493 e. The summed E-state index contributed by atoms with van der Waals surface area (Å²) in [5.74, 6) is 2.19. The second-order valence-corrected chi connectivity index (χ2v) is 6.15. The zero-order valence-electron chi connectivity index (χ0n) is 15.1. The number of benzene rings is 1. The number of hydrogen-bond acceptors (Lipinski definition) is 4. The quantitative estimate of drug-likeness (QED) is 0.348. The van der Waals surface area contributed by atoms with Crippen LogP contribution in [0, 0.1) is 6.92 Å². The van der Waals surface area contributed by atoms with Crippen molar-refractivity contribution in [1.29, 1.82) is 0 Å². The van der Waals surface area contributed by atoms with Gasteiger partial charge in [0.05, 0.1) is 20.3 Å². The van der Waals surface area contributed by atoms with Crippen molar-refractivity contribution in [2.75, 3.05) is 25.6 Å². The Morgan fingerprint density at radius 1 is 1.20 bits per heavy atom. The zero-order valence-corrected chi connectivity index (χ0v) is 18.2. The monoisotopic (exact) mass is 475 g/mol. The predicted octanol–water partition coefficient (Wildman–Crippen LogP) is 4.66. The molecule has 0 fully saturated rings. The summed E-state index contributed by atoms with van der Waals surface area (Å²) in [6.45, 7) is 8.17. The van der Waals surface area contributed by atoms with Gasteiger partial charge in [0.25, 0.3) is 0 Å². The summed E-state index contributed by atoms with van der Waals surface area (Å²) in [6.07, 6.45) is 0. The number of anilines is 1. The molecule has 2 rings (SSSR count). The highest BCUT2D eigenvalue weighted by Gasteiger charge is 2.07. The molecule has 1 heterocycles. The summed E-state index contributed by atoms with van der Waals surface area (Å²) in [5.41, 5.74) is 2.18. The van der Waals surface area contributed by atoms with Crippen LogP contribution in [-0.2, 0) is 6.54 Å². The van der Waals surface area contributed by atoms with Crippen LogP contribution in [0.3, 0.4) is 0 Å². The maximum atomic E-state index is 5.55. The Balaban J connectivity index is 0.00000312. The number of thiophene rings is 1. The summed E-state index contributed by atoms with van der Waals surface area (Å²) in [5, 5.41) is 8.67. The van der Waals surface area contributed by atoms with Gasteiger partial charge in [-0.3, -0.25) is 0 Å². The van der Waals surface area contributed by atoms with Crippen LogP contribution in [0.2, 0.25) is 0 Å². The molecular formula is C18H26IN3O2S. The van der Waals surface area contributed by atoms with Gasteiger partial charge in [-0.2, -0.15) is 0 Å². The van der Waals surface area contributed by atoms with Gasteiger partial charge in [0.1, 0.15) is 0 Å². The Hall–Kier alpha value is -1.48. The number of ether oxygens (including phenoxy) is 2. The smallest absolute Gasteiger partial charge is 0.196 e. The summed E-state index contributed by atoms with van der Waals surface area (Å²) in [7, 11) is 1.64. The van der Waals surface area contributed by atoms with Crippen molar-refractivity contribution in [2.45, 2.75) is 27.3 Å². The van der Waals surface area contributed by atoms with Gasteiger partial charge in [-0.05, 0) is 49.9 Å². The van der Waals surface area contributed by atoms with Crippen molar-refractivity contribution in [3.8, 4) is 11.5 Å². The fourth-order valence-electron chi connectivity index (χ4n) is 2.18. The molecule has 0 amide bonds. The third kappa shape index (κ3) is 6.39. The third-order valence-corrected chi connectivity index (χ3v) is 4.43. The molecule has 0 aliphatic rings. The molecule has 0 atom stereocenters. The highest BCUT2D eigenvalue weighted by Crippen LogP contribution is 2.30. The molecule has 1 aromatic carbocycles. The van der Waals surface area contributed by atoms with Crippen molar-refractivity contribution in [3.05, 3.63) is 40.1 Å². The average molecular weight is 475 g/mol. The molecule has 0 aliphatic carbocycles. The van der Waals surface area contributed by atoms with Crippen LogP contribution < -0.4 is 20.1 Å². The molecule has 0 saturated carbocycles. The molecule has 138 valence electrons. The Labute approximate surface area is 170 Å². The van der Waals surface area contributed by atoms with Gasteiger partial charge >= 0.3 is 0 Å². The molecule has 2 N–H and O–H groups in total. The topological polar surface area (TPSA) is 54.9 Å². The molecule has 0 aliphatic heterocycles. The predicted molar refractivity (Wildman–Crippen MR) is 117 cm³/mol. The van der Waals surface area contributed by atoms with Crippen LogP contribution in [0.5, 0.6) is 11.5 Å². The van der Waals surface area contributed by atoms with E-state index in [2.05, 4.69) is 34.0 Å². The van der Waals surface area contributed by atoms with Crippen molar-refractivity contribution >= 4 is 47.0 Å². The summed E-state index contributed by atoms with van der Waals surface area (Å²) < 4.78 is 10.9. The molecule has 1 aromatic heterocycles. The first-order valence-corrected chi connectivity index (χ1v) is 8.95. The number of guanidine groups is 1. The molecule has 2 aromatic rings. The number of methoxy groups -OCH3 is 1. The van der Waals surface area contributed by atoms with Crippen LogP contribution >= 0.6 is 35.3 Å². The number of halogens is 1. The van der Waals surface area contributed by atoms with Crippen LogP contribution in [-0.4, -0.2) is 26.2 Å². The average Bonchev–Trinajstić information content (AvgIpc) is 2.99. The zero-order chi connectivity index (χ0) is 17.4. The van der Waals surface area contributed by atoms with E-state index in [-0.39, 0.29) is 24.0 Å². The van der Waals surface area contributed by atoms with Gasteiger partial charge in [0, 0.05) is 23.2 Å². The Morgan fingerprint density at radius 3 is 2.60 bits per heavy atom. The lowest BCUT2D eigenvalue weighted by atomic mass is 10.2. The van der Waals surface area contributed by atoms with Gasteiger partial charge < -0.3 is 20.1 Å². The van der Waals surface area contributed by atoms with Gasteiger partial charge in [-0.25, -0.2) is 4.99 Å². The van der Waals surface area contributed by atoms with E-state index in [1.165, 1.54) is 10.4 Å².